The van der Waals surface area contributed by atoms with Crippen molar-refractivity contribution in [2.24, 2.45) is 5.92 Å². The van der Waals surface area contributed by atoms with Gasteiger partial charge in [0.25, 0.3) is 6.47 Å². The number of aromatic nitrogens is 5. The highest BCUT2D eigenvalue weighted by molar-refractivity contribution is 7.13. The summed E-state index contributed by atoms with van der Waals surface area (Å²) < 4.78 is 25.4. The molecule has 0 unspecified atom stereocenters. The van der Waals surface area contributed by atoms with Crippen molar-refractivity contribution in [2.45, 2.75) is 102 Å². The van der Waals surface area contributed by atoms with Crippen LogP contribution in [-0.4, -0.2) is 110 Å². The molecule has 2 aliphatic heterocycles. The second-order valence-corrected chi connectivity index (χ2v) is 18.9. The number of piperidine rings is 1. The smallest absolute Gasteiger partial charge is 0.293 e. The van der Waals surface area contributed by atoms with E-state index in [1.54, 1.807) is 46.3 Å². The third kappa shape index (κ3) is 10.1. The molecular weight excluding hydrogens is 887 g/mol. The SMILES string of the molecule is Cc1ncsc1-c1ccc([C@H](C)NC(=O)[C@@H]2C[C@@H](OC=O)CN2C(=O)[C@H](c2cc(N3CCC(OC4CC(OCC#Cc5cn6cc(-c7ccccc7O)nc6nc5N)C4)CC3)no2)C(C)C)cc1. The molecule has 9 rings (SSSR count). The molecule has 18 heteroatoms. The van der Waals surface area contributed by atoms with E-state index in [0.717, 1.165) is 47.4 Å². The molecule has 6 heterocycles. The number of ether oxygens (including phenoxy) is 3. The highest BCUT2D eigenvalue weighted by atomic mass is 32.1. The number of hydrogen-bond donors (Lipinski definition) is 3. The Labute approximate surface area is 398 Å². The van der Waals surface area contributed by atoms with E-state index < -0.39 is 18.1 Å². The monoisotopic (exact) mass is 941 g/mol. The van der Waals surface area contributed by atoms with Crippen LogP contribution in [0, 0.1) is 24.7 Å². The van der Waals surface area contributed by atoms with E-state index in [9.17, 15) is 19.5 Å². The molecule has 4 aromatic heterocycles. The van der Waals surface area contributed by atoms with Crippen molar-refractivity contribution in [3.05, 3.63) is 95.1 Å². The van der Waals surface area contributed by atoms with Crippen molar-refractivity contribution in [1.29, 1.82) is 0 Å². The zero-order valence-corrected chi connectivity index (χ0v) is 39.2. The molecule has 3 fully saturated rings. The van der Waals surface area contributed by atoms with Gasteiger partial charge in [-0.25, -0.2) is 9.97 Å². The van der Waals surface area contributed by atoms with Crippen molar-refractivity contribution in [3.8, 4) is 39.3 Å². The lowest BCUT2D eigenvalue weighted by molar-refractivity contribution is -0.141. The van der Waals surface area contributed by atoms with Crippen LogP contribution in [0.2, 0.25) is 0 Å². The van der Waals surface area contributed by atoms with E-state index in [1.165, 1.54) is 4.90 Å². The van der Waals surface area contributed by atoms with Crippen molar-refractivity contribution in [2.75, 3.05) is 36.9 Å². The fraction of sp³-hybridized carbons (Fsp3) is 0.420. The molecule has 2 saturated heterocycles. The van der Waals surface area contributed by atoms with Crippen molar-refractivity contribution in [3.63, 3.8) is 0 Å². The second-order valence-electron chi connectivity index (χ2n) is 18.1. The lowest BCUT2D eigenvalue weighted by atomic mass is 9.91. The normalized spacial score (nSPS) is 20.4. The van der Waals surface area contributed by atoms with E-state index in [1.807, 2.05) is 69.6 Å². The van der Waals surface area contributed by atoms with Gasteiger partial charge in [0, 0.05) is 56.4 Å². The Morgan fingerprint density at radius 1 is 1.01 bits per heavy atom. The number of benzene rings is 2. The van der Waals surface area contributed by atoms with Crippen LogP contribution in [0.5, 0.6) is 5.75 Å². The summed E-state index contributed by atoms with van der Waals surface area (Å²) >= 11 is 1.58. The summed E-state index contributed by atoms with van der Waals surface area (Å²) in [6, 6.07) is 15.7. The first-order valence-electron chi connectivity index (χ1n) is 23.0. The average molecular weight is 942 g/mol. The number of carbonyl (C=O) groups is 3. The van der Waals surface area contributed by atoms with Crippen LogP contribution < -0.4 is 16.0 Å². The maximum absolute atomic E-state index is 14.5. The molecule has 68 heavy (non-hydrogen) atoms. The Morgan fingerprint density at radius 2 is 1.79 bits per heavy atom. The predicted octanol–water partition coefficient (Wildman–Crippen LogP) is 6.45. The molecule has 3 aliphatic rings. The molecule has 4 N–H and O–H groups in total. The summed E-state index contributed by atoms with van der Waals surface area (Å²) in [5, 5.41) is 17.7. The lowest BCUT2D eigenvalue weighted by Gasteiger charge is -2.39. The molecular formula is C50H55N9O8S. The number of anilines is 2. The fourth-order valence-corrected chi connectivity index (χ4v) is 10.1. The maximum Gasteiger partial charge on any atom is 0.293 e. The van der Waals surface area contributed by atoms with Gasteiger partial charge in [-0.1, -0.05) is 67.2 Å². The second kappa shape index (κ2) is 20.2. The number of imidazole rings is 1. The summed E-state index contributed by atoms with van der Waals surface area (Å²) in [4.78, 5) is 57.8. The molecule has 4 atom stereocenters. The number of nitrogens with two attached hydrogens (primary N) is 1. The molecule has 2 amide bonds. The van der Waals surface area contributed by atoms with Crippen molar-refractivity contribution in [1.82, 2.24) is 34.7 Å². The van der Waals surface area contributed by atoms with Crippen LogP contribution in [-0.2, 0) is 28.6 Å². The molecule has 2 aromatic carbocycles. The number of hydrogen-bond acceptors (Lipinski definition) is 15. The topological polar surface area (TPSA) is 213 Å². The number of para-hydroxylation sites is 1. The lowest BCUT2D eigenvalue weighted by Crippen LogP contribution is -2.48. The summed E-state index contributed by atoms with van der Waals surface area (Å²) in [6.45, 7) is 9.89. The Kier molecular flexibility index (Phi) is 13.8. The number of aryl methyl sites for hydroxylation is 1. The summed E-state index contributed by atoms with van der Waals surface area (Å²) in [6.07, 6.45) is 6.60. The van der Waals surface area contributed by atoms with Gasteiger partial charge in [-0.2, -0.15) is 4.98 Å². The van der Waals surface area contributed by atoms with E-state index in [2.05, 4.69) is 42.2 Å². The number of nitrogens with one attached hydrogen (secondary N) is 1. The van der Waals surface area contributed by atoms with Gasteiger partial charge in [-0.15, -0.1) is 11.3 Å². The number of thiazole rings is 1. The number of nitrogens with zero attached hydrogens (tertiary/aromatic N) is 7. The van der Waals surface area contributed by atoms with Gasteiger partial charge < -0.3 is 44.7 Å². The predicted molar refractivity (Wildman–Crippen MR) is 254 cm³/mol. The Hall–Kier alpha value is -6.81. The average Bonchev–Trinajstić information content (AvgIpc) is 4.15. The molecule has 1 saturated carbocycles. The number of nitrogen functional groups attached to an aromatic ring is 1. The molecule has 1 aliphatic carbocycles. The molecule has 17 nitrogen and oxygen atoms in total. The molecule has 0 radical (unpaired) electrons. The van der Waals surface area contributed by atoms with Crippen LogP contribution in [0.25, 0.3) is 27.5 Å². The Morgan fingerprint density at radius 3 is 2.51 bits per heavy atom. The Balaban J connectivity index is 0.741. The summed E-state index contributed by atoms with van der Waals surface area (Å²) in [5.41, 5.74) is 12.7. The van der Waals surface area contributed by atoms with Gasteiger partial charge in [-0.05, 0) is 55.9 Å². The van der Waals surface area contributed by atoms with Crippen molar-refractivity contribution < 1.29 is 38.2 Å². The maximum atomic E-state index is 14.5. The van der Waals surface area contributed by atoms with Crippen molar-refractivity contribution >= 4 is 47.0 Å². The number of phenols is 1. The van der Waals surface area contributed by atoms with E-state index in [4.69, 9.17) is 24.5 Å². The largest absolute Gasteiger partial charge is 0.507 e. The van der Waals surface area contributed by atoms with Gasteiger partial charge in [0.15, 0.2) is 11.6 Å². The van der Waals surface area contributed by atoms with Crippen LogP contribution in [0.3, 0.4) is 0 Å². The van der Waals surface area contributed by atoms with E-state index >= 15 is 0 Å². The van der Waals surface area contributed by atoms with E-state index in [-0.39, 0.29) is 73.2 Å². The first-order chi connectivity index (χ1) is 32.9. The molecule has 0 bridgehead atoms. The number of rotatable bonds is 15. The van der Waals surface area contributed by atoms with Gasteiger partial charge in [-0.3, -0.25) is 18.8 Å². The summed E-state index contributed by atoms with van der Waals surface area (Å²) in [5.74, 6) is 6.51. The summed E-state index contributed by atoms with van der Waals surface area (Å²) in [7, 11) is 0. The first kappa shape index (κ1) is 46.3. The first-order valence-corrected chi connectivity index (χ1v) is 23.9. The van der Waals surface area contributed by atoms with Crippen LogP contribution >= 0.6 is 11.3 Å². The number of fused-ring (bicyclic) bond motifs is 1. The minimum atomic E-state index is -0.844. The van der Waals surface area contributed by atoms with E-state index in [0.29, 0.717) is 53.7 Å². The number of phenolic OH excluding ortho intramolecular Hbond substituents is 1. The number of likely N-dealkylation sites (tertiary alicyclic amines) is 1. The molecule has 354 valence electrons. The standard InChI is InChI=1S/C50H55N9O8S/c1-29(2)45(49(63)59-25-38(65-28-60)22-41(59)48(62)53-30(3)32-11-13-33(14-12-32)46-31(4)52-27-68-46)43-23-44(56-67-43)57-17-15-35(16-18-57)66-37-20-36(21-37)64-19-7-8-34-24-58-26-40(54-50(58)55-47(34)51)39-9-5-6-10-42(39)61/h5-6,9-14,23-24,26-30,35-38,41,45,61H,15-22,25H2,1-4H3,(H,53,62)(H2,51,54,55)/t30-,36?,37?,38+,41-,45-/m0/s1. The minimum absolute atomic E-state index is 0.0621. The van der Waals surface area contributed by atoms with Gasteiger partial charge in [0.05, 0.1) is 58.2 Å². The zero-order valence-electron chi connectivity index (χ0n) is 38.4. The number of carbonyl (C=O) groups excluding carboxylic acids is 3. The number of aromatic hydroxyl groups is 1. The van der Waals surface area contributed by atoms with Crippen LogP contribution in [0.1, 0.15) is 87.4 Å². The molecule has 0 spiro atoms. The third-order valence-corrected chi connectivity index (χ3v) is 14.1. The zero-order chi connectivity index (χ0) is 47.5. The van der Waals surface area contributed by atoms with Crippen LogP contribution in [0.15, 0.2) is 77.0 Å². The quantitative estimate of drug-likeness (QED) is 0.0747. The molecule has 6 aromatic rings. The van der Waals surface area contributed by atoms with Gasteiger partial charge in [0.2, 0.25) is 17.6 Å². The highest BCUT2D eigenvalue weighted by Gasteiger charge is 2.45. The third-order valence-electron chi connectivity index (χ3n) is 13.1. The Bertz CT molecular complexity index is 2820. The van der Waals surface area contributed by atoms with Crippen LogP contribution in [0.4, 0.5) is 11.6 Å². The van der Waals surface area contributed by atoms with Gasteiger partial charge in [0.1, 0.15) is 36.2 Å². The van der Waals surface area contributed by atoms with Gasteiger partial charge >= 0.3 is 0 Å². The number of amides is 2. The minimum Gasteiger partial charge on any atom is -0.507 e. The fourth-order valence-electron chi connectivity index (χ4n) is 9.25. The highest BCUT2D eigenvalue weighted by Crippen LogP contribution is 2.36.